The maximum absolute atomic E-state index is 6.55. The second kappa shape index (κ2) is 9.25. The second-order valence-electron chi connectivity index (χ2n) is 12.1. The van der Waals surface area contributed by atoms with Crippen molar-refractivity contribution in [2.24, 2.45) is 0 Å². The lowest BCUT2D eigenvalue weighted by atomic mass is 9.96. The molecule has 0 radical (unpaired) electrons. The average Bonchev–Trinajstić information content (AvgIpc) is 3.80. The SMILES string of the molecule is c1ccc2c(-c3cc4sc5ccccc5c4c4ccccc34)nc(-n3c4ccccc4c4c5oc6ccccc6c5ccc43)nc2c1. The predicted molar refractivity (Wildman–Crippen MR) is 197 cm³/mol. The van der Waals surface area contributed by atoms with E-state index in [-0.39, 0.29) is 0 Å². The van der Waals surface area contributed by atoms with Crippen molar-refractivity contribution in [1.29, 1.82) is 0 Å². The smallest absolute Gasteiger partial charge is 0.235 e. The van der Waals surface area contributed by atoms with Crippen molar-refractivity contribution in [3.8, 4) is 17.2 Å². The van der Waals surface area contributed by atoms with Gasteiger partial charge in [0.2, 0.25) is 5.95 Å². The summed E-state index contributed by atoms with van der Waals surface area (Å²) in [4.78, 5) is 10.7. The molecule has 0 aliphatic carbocycles. The van der Waals surface area contributed by atoms with E-state index in [0.717, 1.165) is 65.9 Å². The minimum atomic E-state index is 0.640. The van der Waals surface area contributed by atoms with Crippen molar-refractivity contribution in [2.75, 3.05) is 0 Å². The van der Waals surface area contributed by atoms with Gasteiger partial charge in [-0.3, -0.25) is 4.57 Å². The van der Waals surface area contributed by atoms with E-state index in [1.165, 1.54) is 30.9 Å². The lowest BCUT2D eigenvalue weighted by Crippen LogP contribution is -2.03. The Kier molecular flexibility index (Phi) is 4.96. The zero-order valence-electron chi connectivity index (χ0n) is 24.9. The van der Waals surface area contributed by atoms with Crippen molar-refractivity contribution < 1.29 is 4.42 Å². The maximum Gasteiger partial charge on any atom is 0.235 e. The Balaban J connectivity index is 1.27. The fourth-order valence-corrected chi connectivity index (χ4v) is 8.77. The number of fused-ring (bicyclic) bond motifs is 13. The molecule has 0 N–H and O–H groups in total. The third-order valence-electron chi connectivity index (χ3n) is 9.61. The Morgan fingerprint density at radius 1 is 0.489 bits per heavy atom. The van der Waals surface area contributed by atoms with Crippen LogP contribution in [-0.4, -0.2) is 14.5 Å². The molecule has 4 aromatic heterocycles. The summed E-state index contributed by atoms with van der Waals surface area (Å²) in [5.74, 6) is 0.640. The summed E-state index contributed by atoms with van der Waals surface area (Å²) in [5, 5.41) is 10.5. The van der Waals surface area contributed by atoms with Gasteiger partial charge in [0, 0.05) is 47.3 Å². The van der Waals surface area contributed by atoms with Gasteiger partial charge in [0.05, 0.1) is 27.6 Å². The normalized spacial score (nSPS) is 12.3. The zero-order chi connectivity index (χ0) is 30.6. The summed E-state index contributed by atoms with van der Waals surface area (Å²) in [6, 6.07) is 49.3. The van der Waals surface area contributed by atoms with Crippen LogP contribution in [0.3, 0.4) is 0 Å². The number of hydrogen-bond acceptors (Lipinski definition) is 4. The largest absolute Gasteiger partial charge is 0.455 e. The van der Waals surface area contributed by atoms with Crippen molar-refractivity contribution in [3.63, 3.8) is 0 Å². The highest BCUT2D eigenvalue weighted by atomic mass is 32.1. The van der Waals surface area contributed by atoms with E-state index >= 15 is 0 Å². The Hall–Kier alpha value is -6.04. The standard InChI is InChI=1S/C42H23N3OS/c1-2-13-26-24(11-1)31(23-37-38(26)30-16-6-10-20-36(30)47-37)40-28-14-3-7-17-32(28)43-42(44-40)45-33-18-8-4-15-29(33)39-34(45)22-21-27-25-12-5-9-19-35(25)46-41(27)39/h1-23H. The lowest BCUT2D eigenvalue weighted by Gasteiger charge is -2.14. The molecule has 11 aromatic rings. The number of nitrogens with zero attached hydrogens (tertiary/aromatic N) is 3. The van der Waals surface area contributed by atoms with Crippen LogP contribution in [0.2, 0.25) is 0 Å². The maximum atomic E-state index is 6.55. The molecular weight excluding hydrogens is 595 g/mol. The molecule has 0 aliphatic heterocycles. The lowest BCUT2D eigenvalue weighted by molar-refractivity contribution is 0.673. The van der Waals surface area contributed by atoms with Gasteiger partial charge >= 0.3 is 0 Å². The van der Waals surface area contributed by atoms with Gasteiger partial charge in [0.25, 0.3) is 0 Å². The number of benzene rings is 7. The fourth-order valence-electron chi connectivity index (χ4n) is 7.60. The molecule has 0 amide bonds. The van der Waals surface area contributed by atoms with Crippen molar-refractivity contribution >= 4 is 96.9 Å². The topological polar surface area (TPSA) is 43.9 Å². The summed E-state index contributed by atoms with van der Waals surface area (Å²) in [7, 11) is 0. The van der Waals surface area contributed by atoms with Crippen LogP contribution in [0, 0.1) is 0 Å². The molecule has 11 rings (SSSR count). The Bertz CT molecular complexity index is 3090. The molecule has 0 unspecified atom stereocenters. The van der Waals surface area contributed by atoms with Crippen molar-refractivity contribution in [3.05, 3.63) is 140 Å². The highest BCUT2D eigenvalue weighted by Gasteiger charge is 2.22. The first-order chi connectivity index (χ1) is 23.3. The van der Waals surface area contributed by atoms with Crippen LogP contribution in [0.25, 0.3) is 103 Å². The highest BCUT2D eigenvalue weighted by molar-refractivity contribution is 7.26. The molecule has 0 fully saturated rings. The number of aromatic nitrogens is 3. The molecule has 0 saturated heterocycles. The van der Waals surface area contributed by atoms with Gasteiger partial charge in [-0.1, -0.05) is 97.1 Å². The Morgan fingerprint density at radius 3 is 2.09 bits per heavy atom. The summed E-state index contributed by atoms with van der Waals surface area (Å²) in [5.41, 5.74) is 6.78. The van der Waals surface area contributed by atoms with Crippen molar-refractivity contribution in [2.45, 2.75) is 0 Å². The van der Waals surface area contributed by atoms with E-state index in [2.05, 4.69) is 132 Å². The molecule has 47 heavy (non-hydrogen) atoms. The van der Waals surface area contributed by atoms with Crippen LogP contribution >= 0.6 is 11.3 Å². The molecule has 5 heteroatoms. The summed E-state index contributed by atoms with van der Waals surface area (Å²) in [6.45, 7) is 0. The van der Waals surface area contributed by atoms with Crippen LogP contribution in [-0.2, 0) is 0 Å². The number of rotatable bonds is 2. The van der Waals surface area contributed by atoms with Gasteiger partial charge in [-0.2, -0.15) is 0 Å². The number of thiophene rings is 1. The number of hydrogen-bond donors (Lipinski definition) is 0. The molecule has 4 heterocycles. The molecule has 0 spiro atoms. The zero-order valence-corrected chi connectivity index (χ0v) is 25.8. The molecule has 0 aliphatic rings. The van der Waals surface area contributed by atoms with Gasteiger partial charge in [-0.25, -0.2) is 9.97 Å². The van der Waals surface area contributed by atoms with Crippen LogP contribution in [0.4, 0.5) is 0 Å². The van der Waals surface area contributed by atoms with E-state index in [1.54, 1.807) is 0 Å². The summed E-state index contributed by atoms with van der Waals surface area (Å²) in [6.07, 6.45) is 0. The van der Waals surface area contributed by atoms with E-state index < -0.39 is 0 Å². The van der Waals surface area contributed by atoms with Gasteiger partial charge in [0.1, 0.15) is 11.2 Å². The molecule has 0 bridgehead atoms. The Morgan fingerprint density at radius 2 is 1.19 bits per heavy atom. The van der Waals surface area contributed by atoms with E-state index in [9.17, 15) is 0 Å². The second-order valence-corrected chi connectivity index (χ2v) is 13.2. The Labute approximate surface area is 271 Å². The van der Waals surface area contributed by atoms with Gasteiger partial charge in [0.15, 0.2) is 0 Å². The van der Waals surface area contributed by atoms with Crippen molar-refractivity contribution in [1.82, 2.24) is 14.5 Å². The van der Waals surface area contributed by atoms with Crippen LogP contribution in [0.15, 0.2) is 144 Å². The number of para-hydroxylation sites is 3. The van der Waals surface area contributed by atoms with Crippen LogP contribution < -0.4 is 0 Å². The number of furan rings is 1. The van der Waals surface area contributed by atoms with Gasteiger partial charge < -0.3 is 4.42 Å². The average molecular weight is 618 g/mol. The first-order valence-corrected chi connectivity index (χ1v) is 16.6. The molecule has 0 atom stereocenters. The first kappa shape index (κ1) is 25.2. The molecule has 4 nitrogen and oxygen atoms in total. The van der Waals surface area contributed by atoms with Gasteiger partial charge in [-0.05, 0) is 53.2 Å². The molecule has 218 valence electrons. The van der Waals surface area contributed by atoms with E-state index in [1.807, 2.05) is 23.5 Å². The third-order valence-corrected chi connectivity index (χ3v) is 10.7. The first-order valence-electron chi connectivity index (χ1n) is 15.8. The van der Waals surface area contributed by atoms with Crippen LogP contribution in [0.1, 0.15) is 0 Å². The van der Waals surface area contributed by atoms with E-state index in [4.69, 9.17) is 14.4 Å². The highest BCUT2D eigenvalue weighted by Crippen LogP contribution is 2.44. The minimum absolute atomic E-state index is 0.640. The quantitative estimate of drug-likeness (QED) is 0.194. The molecular formula is C42H23N3OS. The van der Waals surface area contributed by atoms with E-state index in [0.29, 0.717) is 5.95 Å². The monoisotopic (exact) mass is 617 g/mol. The predicted octanol–water partition coefficient (Wildman–Crippen LogP) is 11.8. The molecule has 0 saturated carbocycles. The molecule has 7 aromatic carbocycles. The minimum Gasteiger partial charge on any atom is -0.455 e. The summed E-state index contributed by atoms with van der Waals surface area (Å²) >= 11 is 1.84. The third kappa shape index (κ3) is 3.41. The summed E-state index contributed by atoms with van der Waals surface area (Å²) < 4.78 is 11.3. The fraction of sp³-hybridized carbons (Fsp3) is 0. The van der Waals surface area contributed by atoms with Crippen LogP contribution in [0.5, 0.6) is 0 Å². The van der Waals surface area contributed by atoms with Gasteiger partial charge in [-0.15, -0.1) is 11.3 Å².